The molecule has 0 aromatic carbocycles. The van der Waals surface area contributed by atoms with Gasteiger partial charge in [0.15, 0.2) is 0 Å². The Hall–Kier alpha value is -2.15. The molecule has 0 radical (unpaired) electrons. The van der Waals surface area contributed by atoms with E-state index in [-0.39, 0.29) is 0 Å². The van der Waals surface area contributed by atoms with Crippen LogP contribution in [0, 0.1) is 0 Å². The Morgan fingerprint density at radius 2 is 1.33 bits per heavy atom. The van der Waals surface area contributed by atoms with E-state index in [9.17, 15) is 61.9 Å². The van der Waals surface area contributed by atoms with Gasteiger partial charge in [-0.05, 0) is 33.6 Å². The topological polar surface area (TPSA) is 116 Å². The van der Waals surface area contributed by atoms with Crippen LogP contribution in [0.4, 0.5) is 43.9 Å². The molecule has 1 N–H and O–H groups in total. The van der Waals surface area contributed by atoms with Gasteiger partial charge in [0.05, 0.1) is 6.61 Å². The fourth-order valence-electron chi connectivity index (χ4n) is 2.04. The number of carbonyl (C=O) groups excluding carboxylic acids is 2. The lowest BCUT2D eigenvalue weighted by Crippen LogP contribution is -2.59. The predicted molar refractivity (Wildman–Crippen MR) is 97.2 cm³/mol. The number of ether oxygens (including phenoxy) is 3. The van der Waals surface area contributed by atoms with Crippen LogP contribution in [0.3, 0.4) is 0 Å². The summed E-state index contributed by atoms with van der Waals surface area (Å²) in [5.41, 5.74) is -4.25. The Kier molecular flexibility index (Phi) is 10.0. The molecule has 0 amide bonds. The highest BCUT2D eigenvalue weighted by Gasteiger charge is 2.69. The zero-order chi connectivity index (χ0) is 29.2. The molecular weight excluding hydrogens is 554 g/mol. The molecule has 19 heteroatoms. The van der Waals surface area contributed by atoms with Crippen LogP contribution in [-0.4, -0.2) is 66.4 Å². The van der Waals surface area contributed by atoms with E-state index < -0.39 is 88.4 Å². The third-order valence-corrected chi connectivity index (χ3v) is 4.75. The molecule has 0 aromatic rings. The molecule has 8 nitrogen and oxygen atoms in total. The van der Waals surface area contributed by atoms with Crippen molar-refractivity contribution in [2.75, 3.05) is 6.61 Å². The van der Waals surface area contributed by atoms with Crippen LogP contribution in [0.5, 0.6) is 0 Å². The van der Waals surface area contributed by atoms with Crippen molar-refractivity contribution in [1.82, 2.24) is 0 Å². The second kappa shape index (κ2) is 10.7. The van der Waals surface area contributed by atoms with E-state index in [0.717, 1.165) is 20.8 Å². The monoisotopic (exact) mass is 574 g/mol. The maximum atomic E-state index is 13.8. The van der Waals surface area contributed by atoms with E-state index >= 15 is 0 Å². The highest BCUT2D eigenvalue weighted by Crippen LogP contribution is 2.42. The lowest BCUT2D eigenvalue weighted by molar-refractivity contribution is -0.357. The zero-order valence-corrected chi connectivity index (χ0v) is 19.3. The number of unbranched alkanes of at least 4 members (excludes halogenated alkanes) is 1. The standard InChI is InChI=1S/C17H20F10O8S/c1-9(15(20,21)22)10(28)34-14(16(23,24)25,11(29)35-12(2,3)4)33-8-6-5-7-13(18,19)17(26,27)36(30,31)32/h1,5-8H2,2-4H3,(H,30,31,32). The third kappa shape index (κ3) is 8.19. The number of alkyl halides is 10. The summed E-state index contributed by atoms with van der Waals surface area (Å²) in [5, 5.41) is -5.97. The summed E-state index contributed by atoms with van der Waals surface area (Å²) in [6.07, 6.45) is -16.1. The molecule has 0 bridgehead atoms. The molecule has 0 heterocycles. The van der Waals surface area contributed by atoms with Crippen molar-refractivity contribution >= 4 is 22.1 Å². The van der Waals surface area contributed by atoms with Crippen molar-refractivity contribution in [3.63, 3.8) is 0 Å². The van der Waals surface area contributed by atoms with Crippen LogP contribution in [0.1, 0.15) is 40.0 Å². The quantitative estimate of drug-likeness (QED) is 0.0955. The lowest BCUT2D eigenvalue weighted by atomic mass is 10.1. The Balaban J connectivity index is 5.91. The maximum Gasteiger partial charge on any atom is 0.468 e. The first kappa shape index (κ1) is 33.8. The first-order valence-electron chi connectivity index (χ1n) is 9.28. The van der Waals surface area contributed by atoms with Gasteiger partial charge in [-0.25, -0.2) is 9.59 Å². The van der Waals surface area contributed by atoms with Crippen LogP contribution < -0.4 is 0 Å². The van der Waals surface area contributed by atoms with Crippen LogP contribution in [0.15, 0.2) is 12.2 Å². The Morgan fingerprint density at radius 3 is 1.69 bits per heavy atom. The number of halogens is 10. The van der Waals surface area contributed by atoms with Gasteiger partial charge in [0.2, 0.25) is 0 Å². The molecule has 0 saturated carbocycles. The SMILES string of the molecule is C=C(C(=O)OC(OCCCCC(F)(F)C(F)(F)S(=O)(=O)O)(C(=O)OC(C)(C)C)C(F)(F)F)C(F)(F)F. The van der Waals surface area contributed by atoms with Crippen LogP contribution in [-0.2, 0) is 33.9 Å². The van der Waals surface area contributed by atoms with Crippen molar-refractivity contribution < 1.29 is 80.7 Å². The largest absolute Gasteiger partial charge is 0.468 e. The molecule has 0 spiro atoms. The molecule has 0 aliphatic rings. The zero-order valence-electron chi connectivity index (χ0n) is 18.5. The van der Waals surface area contributed by atoms with E-state index in [0.29, 0.717) is 0 Å². The van der Waals surface area contributed by atoms with Gasteiger partial charge in [0.25, 0.3) is 0 Å². The minimum Gasteiger partial charge on any atom is -0.455 e. The molecule has 212 valence electrons. The molecule has 0 fully saturated rings. The highest BCUT2D eigenvalue weighted by molar-refractivity contribution is 7.87. The first-order valence-corrected chi connectivity index (χ1v) is 10.7. The second-order valence-corrected chi connectivity index (χ2v) is 9.45. The van der Waals surface area contributed by atoms with Crippen LogP contribution >= 0.6 is 0 Å². The fourth-order valence-corrected chi connectivity index (χ4v) is 2.52. The van der Waals surface area contributed by atoms with Gasteiger partial charge in [-0.15, -0.1) is 0 Å². The number of hydrogen-bond acceptors (Lipinski definition) is 7. The predicted octanol–water partition coefficient (Wildman–Crippen LogP) is 4.55. The van der Waals surface area contributed by atoms with E-state index in [1.54, 1.807) is 0 Å². The average molecular weight is 574 g/mol. The molecule has 0 aromatic heterocycles. The summed E-state index contributed by atoms with van der Waals surface area (Å²) in [6, 6.07) is 0. The van der Waals surface area contributed by atoms with Gasteiger partial charge in [-0.3, -0.25) is 4.55 Å². The lowest BCUT2D eigenvalue weighted by Gasteiger charge is -2.34. The molecule has 1 unspecified atom stereocenters. The van der Waals surface area contributed by atoms with Gasteiger partial charge in [-0.2, -0.15) is 52.3 Å². The molecule has 1 atom stereocenters. The Bertz CT molecular complexity index is 935. The van der Waals surface area contributed by atoms with Crippen molar-refractivity contribution in [3.8, 4) is 0 Å². The Labute approximate surface area is 197 Å². The molecule has 0 saturated heterocycles. The van der Waals surface area contributed by atoms with Gasteiger partial charge >= 0.3 is 51.4 Å². The summed E-state index contributed by atoms with van der Waals surface area (Å²) in [4.78, 5) is 23.9. The van der Waals surface area contributed by atoms with Gasteiger partial charge in [0, 0.05) is 6.42 Å². The number of rotatable bonds is 11. The van der Waals surface area contributed by atoms with Crippen molar-refractivity contribution in [1.29, 1.82) is 0 Å². The van der Waals surface area contributed by atoms with Crippen molar-refractivity contribution in [2.45, 2.75) is 75.0 Å². The molecule has 0 aliphatic heterocycles. The first-order chi connectivity index (χ1) is 15.6. The summed E-state index contributed by atoms with van der Waals surface area (Å²) >= 11 is 0. The van der Waals surface area contributed by atoms with Crippen molar-refractivity contribution in [2.24, 2.45) is 0 Å². The second-order valence-electron chi connectivity index (χ2n) is 7.98. The third-order valence-electron chi connectivity index (χ3n) is 3.81. The molecule has 36 heavy (non-hydrogen) atoms. The minimum absolute atomic E-state index is 1.01. The Morgan fingerprint density at radius 1 is 0.861 bits per heavy atom. The van der Waals surface area contributed by atoms with E-state index in [1.807, 2.05) is 0 Å². The molecular formula is C17H20F10O8S. The smallest absolute Gasteiger partial charge is 0.455 e. The number of carbonyl (C=O) groups is 2. The summed E-state index contributed by atoms with van der Waals surface area (Å²) in [5.74, 6) is -15.7. The van der Waals surface area contributed by atoms with Crippen LogP contribution in [0.25, 0.3) is 0 Å². The molecule has 0 rings (SSSR count). The molecule has 0 aliphatic carbocycles. The van der Waals surface area contributed by atoms with Gasteiger partial charge in [0.1, 0.15) is 11.2 Å². The van der Waals surface area contributed by atoms with Gasteiger partial charge in [-0.1, -0.05) is 6.58 Å². The maximum absolute atomic E-state index is 13.8. The number of hydrogen-bond donors (Lipinski definition) is 1. The average Bonchev–Trinajstić information content (AvgIpc) is 2.61. The van der Waals surface area contributed by atoms with E-state index in [1.165, 1.54) is 0 Å². The van der Waals surface area contributed by atoms with Gasteiger partial charge < -0.3 is 14.2 Å². The number of esters is 2. The summed E-state index contributed by atoms with van der Waals surface area (Å²) < 4.78 is 174. The summed E-state index contributed by atoms with van der Waals surface area (Å²) in [7, 11) is -6.59. The summed E-state index contributed by atoms with van der Waals surface area (Å²) in [6.45, 7) is 3.72. The normalized spacial score (nSPS) is 15.7. The van der Waals surface area contributed by atoms with E-state index in [4.69, 9.17) is 4.55 Å². The fraction of sp³-hybridized carbons (Fsp3) is 0.765. The highest BCUT2D eigenvalue weighted by atomic mass is 32.2. The van der Waals surface area contributed by atoms with Crippen molar-refractivity contribution in [3.05, 3.63) is 12.2 Å². The minimum atomic E-state index is -6.59. The van der Waals surface area contributed by atoms with E-state index in [2.05, 4.69) is 20.8 Å². The van der Waals surface area contributed by atoms with Crippen LogP contribution in [0.2, 0.25) is 0 Å².